The van der Waals surface area contributed by atoms with E-state index in [1.807, 2.05) is 0 Å². The summed E-state index contributed by atoms with van der Waals surface area (Å²) in [6.07, 6.45) is 4.54. The molecule has 10 heteroatoms. The van der Waals surface area contributed by atoms with Gasteiger partial charge < -0.3 is 31.6 Å². The number of nitrogens with zero attached hydrogens (tertiary/aromatic N) is 1. The Morgan fingerprint density at radius 3 is 2.55 bits per heavy atom. The molecule has 2 aliphatic rings. The molecule has 3 rings (SSSR count). The molecule has 0 spiro atoms. The molecule has 1 atom stereocenters. The molecule has 1 amide bonds. The predicted molar refractivity (Wildman–Crippen MR) is 108 cm³/mol. The van der Waals surface area contributed by atoms with Crippen molar-refractivity contribution in [3.8, 4) is 5.75 Å². The Bertz CT molecular complexity index is 791. The summed E-state index contributed by atoms with van der Waals surface area (Å²) in [5.74, 6) is -0.857. The minimum absolute atomic E-state index is 0.00353. The largest absolute Gasteiger partial charge is 0.547 e. The summed E-state index contributed by atoms with van der Waals surface area (Å²) in [6, 6.07) is 4.80. The average molecular weight is 402 g/mol. The van der Waals surface area contributed by atoms with Crippen LogP contribution in [0.15, 0.2) is 23.2 Å². The van der Waals surface area contributed by atoms with Gasteiger partial charge in [-0.15, -0.1) is 0 Å². The molecule has 0 bridgehead atoms. The van der Waals surface area contributed by atoms with E-state index in [1.54, 1.807) is 12.1 Å². The minimum Gasteiger partial charge on any atom is -0.534 e. The van der Waals surface area contributed by atoms with Crippen LogP contribution in [0.5, 0.6) is 5.75 Å². The normalized spacial score (nSPS) is 23.5. The van der Waals surface area contributed by atoms with Crippen molar-refractivity contribution in [3.63, 3.8) is 0 Å². The van der Waals surface area contributed by atoms with Crippen molar-refractivity contribution in [2.75, 3.05) is 6.54 Å². The molecule has 0 radical (unpaired) electrons. The van der Waals surface area contributed by atoms with Crippen molar-refractivity contribution in [1.82, 2.24) is 5.32 Å². The molecule has 1 aliphatic heterocycles. The second-order valence-electron chi connectivity index (χ2n) is 7.84. The van der Waals surface area contributed by atoms with Crippen molar-refractivity contribution in [3.05, 3.63) is 29.3 Å². The number of hydrogen-bond donors (Lipinski definition) is 5. The summed E-state index contributed by atoms with van der Waals surface area (Å²) in [5.41, 5.74) is 11.4. The summed E-state index contributed by atoms with van der Waals surface area (Å²) >= 11 is 0. The van der Waals surface area contributed by atoms with Crippen LogP contribution in [0.2, 0.25) is 0 Å². The van der Waals surface area contributed by atoms with Gasteiger partial charge in [-0.3, -0.25) is 9.79 Å². The van der Waals surface area contributed by atoms with E-state index in [9.17, 15) is 19.7 Å². The summed E-state index contributed by atoms with van der Waals surface area (Å²) in [7, 11) is -1.29. The second-order valence-corrected chi connectivity index (χ2v) is 7.84. The zero-order valence-corrected chi connectivity index (χ0v) is 16.2. The lowest BCUT2D eigenvalue weighted by Gasteiger charge is -2.30. The Morgan fingerprint density at radius 2 is 1.90 bits per heavy atom. The number of carboxylic acid groups (broad SMARTS) is 1. The first kappa shape index (κ1) is 21.0. The van der Waals surface area contributed by atoms with Crippen LogP contribution in [0.4, 0.5) is 0 Å². The molecular weight excluding hydrogens is 375 g/mol. The average Bonchev–Trinajstić information content (AvgIpc) is 2.67. The van der Waals surface area contributed by atoms with Gasteiger partial charge in [0.2, 0.25) is 5.91 Å². The Kier molecular flexibility index (Phi) is 6.63. The molecule has 1 fully saturated rings. The van der Waals surface area contributed by atoms with Gasteiger partial charge in [0.15, 0.2) is 5.96 Å². The van der Waals surface area contributed by atoms with Crippen LogP contribution >= 0.6 is 0 Å². The fourth-order valence-corrected chi connectivity index (χ4v) is 4.10. The molecule has 1 aromatic carbocycles. The molecule has 7 N–H and O–H groups in total. The first-order valence-electron chi connectivity index (χ1n) is 9.88. The summed E-state index contributed by atoms with van der Waals surface area (Å²) in [6.45, 7) is 0.630. The summed E-state index contributed by atoms with van der Waals surface area (Å²) < 4.78 is 5.42. The fourth-order valence-electron chi connectivity index (χ4n) is 4.10. The number of aromatic carboxylic acids is 1. The van der Waals surface area contributed by atoms with Crippen LogP contribution in [0.25, 0.3) is 0 Å². The molecule has 1 aliphatic carbocycles. The van der Waals surface area contributed by atoms with Gasteiger partial charge in [-0.25, -0.2) is 4.79 Å². The molecule has 29 heavy (non-hydrogen) atoms. The number of benzene rings is 1. The van der Waals surface area contributed by atoms with E-state index in [-0.39, 0.29) is 29.1 Å². The van der Waals surface area contributed by atoms with Crippen LogP contribution in [-0.4, -0.2) is 47.6 Å². The van der Waals surface area contributed by atoms with Gasteiger partial charge in [0.25, 0.3) is 0 Å². The highest BCUT2D eigenvalue weighted by molar-refractivity contribution is 6.47. The highest BCUT2D eigenvalue weighted by atomic mass is 16.5. The van der Waals surface area contributed by atoms with E-state index in [4.69, 9.17) is 16.1 Å². The minimum atomic E-state index is -1.29. The summed E-state index contributed by atoms with van der Waals surface area (Å²) in [4.78, 5) is 27.9. The van der Waals surface area contributed by atoms with Crippen LogP contribution in [0.3, 0.4) is 0 Å². The van der Waals surface area contributed by atoms with E-state index < -0.39 is 19.0 Å². The van der Waals surface area contributed by atoms with Crippen molar-refractivity contribution >= 4 is 25.0 Å². The number of hydrogen-bond acceptors (Lipinski definition) is 5. The Labute approximate surface area is 169 Å². The van der Waals surface area contributed by atoms with Crippen LogP contribution in [-0.2, 0) is 11.2 Å². The Balaban J connectivity index is 1.51. The lowest BCUT2D eigenvalue weighted by atomic mass is 9.72. The van der Waals surface area contributed by atoms with Crippen molar-refractivity contribution in [2.24, 2.45) is 28.3 Å². The van der Waals surface area contributed by atoms with Gasteiger partial charge in [-0.1, -0.05) is 12.1 Å². The van der Waals surface area contributed by atoms with Gasteiger partial charge in [0.05, 0.1) is 11.5 Å². The lowest BCUT2D eigenvalue weighted by molar-refractivity contribution is -0.122. The molecular formula is C19H27BN4O5. The number of nitrogens with two attached hydrogens (primary N) is 2. The number of carbonyl (C=O) groups excluding carboxylic acids is 1. The molecule has 1 saturated carbocycles. The quantitative estimate of drug-likeness (QED) is 0.260. The standard InChI is InChI=1S/C19H27BN4O5/c21-19(22)23-10-12-6-4-11(5-7-12)8-16(25)24-15-9-13-2-1-3-14(18(26)27)17(13)29-20(15)28/h1-3,11-12,15,28H,4-10H2,(H,24,25)(H,26,27)(H4,21,22,23)/t11?,12?,15-/m0/s1. The number of nitrogens with one attached hydrogen (secondary N) is 1. The van der Waals surface area contributed by atoms with Crippen molar-refractivity contribution < 1.29 is 24.4 Å². The van der Waals surface area contributed by atoms with Crippen LogP contribution in [0.1, 0.15) is 48.0 Å². The third-order valence-electron chi connectivity index (χ3n) is 5.67. The molecule has 1 heterocycles. The van der Waals surface area contributed by atoms with E-state index >= 15 is 0 Å². The Morgan fingerprint density at radius 1 is 1.21 bits per heavy atom. The number of guanidine groups is 1. The lowest BCUT2D eigenvalue weighted by Crippen LogP contribution is -2.53. The van der Waals surface area contributed by atoms with Gasteiger partial charge in [-0.05, 0) is 55.6 Å². The molecule has 0 unspecified atom stereocenters. The van der Waals surface area contributed by atoms with Crippen LogP contribution < -0.4 is 21.4 Å². The van der Waals surface area contributed by atoms with Gasteiger partial charge in [-0.2, -0.15) is 0 Å². The zero-order valence-electron chi connectivity index (χ0n) is 16.2. The fraction of sp³-hybridized carbons (Fsp3) is 0.526. The zero-order chi connectivity index (χ0) is 21.0. The molecule has 156 valence electrons. The van der Waals surface area contributed by atoms with E-state index in [1.165, 1.54) is 6.07 Å². The van der Waals surface area contributed by atoms with E-state index in [0.29, 0.717) is 30.9 Å². The number of carbonyl (C=O) groups is 2. The highest BCUT2D eigenvalue weighted by Crippen LogP contribution is 2.32. The van der Waals surface area contributed by atoms with Crippen molar-refractivity contribution in [1.29, 1.82) is 0 Å². The second kappa shape index (κ2) is 9.17. The van der Waals surface area contributed by atoms with Crippen molar-refractivity contribution in [2.45, 2.75) is 44.5 Å². The van der Waals surface area contributed by atoms with E-state index in [2.05, 4.69) is 10.3 Å². The Hall–Kier alpha value is -2.75. The number of carboxylic acids is 1. The van der Waals surface area contributed by atoms with Gasteiger partial charge in [0, 0.05) is 13.0 Å². The first-order valence-corrected chi connectivity index (χ1v) is 9.88. The maximum atomic E-state index is 12.5. The molecule has 0 saturated heterocycles. The van der Waals surface area contributed by atoms with E-state index in [0.717, 1.165) is 25.7 Å². The summed E-state index contributed by atoms with van der Waals surface area (Å²) in [5, 5.41) is 22.3. The molecule has 9 nitrogen and oxygen atoms in total. The van der Waals surface area contributed by atoms with Crippen LogP contribution in [0, 0.1) is 11.8 Å². The maximum Gasteiger partial charge on any atom is 0.547 e. The SMILES string of the molecule is NC(N)=NCC1CCC(CC(=O)N[C@H]2Cc3cccc(C(=O)O)c3OB2O)CC1. The smallest absolute Gasteiger partial charge is 0.534 e. The first-order chi connectivity index (χ1) is 13.8. The number of fused-ring (bicyclic) bond motifs is 1. The monoisotopic (exact) mass is 402 g/mol. The number of amides is 1. The van der Waals surface area contributed by atoms with Gasteiger partial charge >= 0.3 is 13.1 Å². The third-order valence-corrected chi connectivity index (χ3v) is 5.67. The third kappa shape index (κ3) is 5.41. The number of para-hydroxylation sites is 1. The highest BCUT2D eigenvalue weighted by Gasteiger charge is 2.38. The molecule has 1 aromatic rings. The predicted octanol–water partition coefficient (Wildman–Crippen LogP) is 0.294. The maximum absolute atomic E-state index is 12.5. The molecule has 0 aromatic heterocycles. The number of aliphatic imine (C=N–C) groups is 1. The number of rotatable bonds is 6. The van der Waals surface area contributed by atoms with Gasteiger partial charge in [0.1, 0.15) is 5.75 Å². The topological polar surface area (TPSA) is 160 Å².